The van der Waals surface area contributed by atoms with Crippen LogP contribution in [0.15, 0.2) is 71.4 Å². The maximum Gasteiger partial charge on any atom is 0.214 e. The number of methoxy groups -OCH3 is 2. The highest BCUT2D eigenvalue weighted by Crippen LogP contribution is 2.36. The molecule has 2 aromatic heterocycles. The lowest BCUT2D eigenvalue weighted by molar-refractivity contribution is 0.104. The van der Waals surface area contributed by atoms with Crippen LogP contribution in [0.5, 0.6) is 11.5 Å². The van der Waals surface area contributed by atoms with E-state index in [-0.39, 0.29) is 5.78 Å². The van der Waals surface area contributed by atoms with Crippen LogP contribution in [0.1, 0.15) is 14.5 Å². The van der Waals surface area contributed by atoms with Crippen molar-refractivity contribution in [2.45, 2.75) is 0 Å². The highest BCUT2D eigenvalue weighted by molar-refractivity contribution is 7.16. The van der Waals surface area contributed by atoms with Crippen LogP contribution in [0.3, 0.4) is 0 Å². The second-order valence-corrected chi connectivity index (χ2v) is 7.95. The molecule has 0 bridgehead atoms. The van der Waals surface area contributed by atoms with Crippen molar-refractivity contribution in [2.24, 2.45) is 0 Å². The first kappa shape index (κ1) is 18.5. The van der Waals surface area contributed by atoms with E-state index in [9.17, 15) is 4.79 Å². The molecule has 0 aliphatic carbocycles. The molecule has 0 spiro atoms. The van der Waals surface area contributed by atoms with Gasteiger partial charge in [-0.2, -0.15) is 0 Å². The molecular formula is C23H18O3S2. The van der Waals surface area contributed by atoms with Gasteiger partial charge in [-0.1, -0.05) is 24.3 Å². The zero-order valence-electron chi connectivity index (χ0n) is 15.5. The van der Waals surface area contributed by atoms with Crippen LogP contribution >= 0.6 is 22.7 Å². The van der Waals surface area contributed by atoms with E-state index in [4.69, 9.17) is 9.47 Å². The molecule has 4 aromatic rings. The Labute approximate surface area is 171 Å². The monoisotopic (exact) mass is 406 g/mol. The molecule has 4 rings (SSSR count). The van der Waals surface area contributed by atoms with Crippen molar-refractivity contribution in [2.75, 3.05) is 14.2 Å². The first-order valence-corrected chi connectivity index (χ1v) is 10.5. The third-order valence-corrected chi connectivity index (χ3v) is 6.37. The van der Waals surface area contributed by atoms with Crippen LogP contribution < -0.4 is 9.47 Å². The standard InChI is InChI=1S/C23H18O3S2/c1-25-17-7-3-15(4-8-17)19-11-13-27-22(19)21(24)23-20(12-14-28-23)16-5-9-18(26-2)10-6-16/h3-14H,1-2H3. The number of carbonyl (C=O) groups is 1. The average Bonchev–Trinajstić information content (AvgIpc) is 3.43. The topological polar surface area (TPSA) is 35.5 Å². The third kappa shape index (κ3) is 3.46. The maximum atomic E-state index is 13.4. The lowest BCUT2D eigenvalue weighted by Crippen LogP contribution is -1.99. The first-order chi connectivity index (χ1) is 13.7. The van der Waals surface area contributed by atoms with E-state index in [2.05, 4.69) is 0 Å². The zero-order chi connectivity index (χ0) is 19.5. The number of hydrogen-bond donors (Lipinski definition) is 0. The Morgan fingerprint density at radius 1 is 0.643 bits per heavy atom. The number of ether oxygens (including phenoxy) is 2. The number of carbonyl (C=O) groups excluding carboxylic acids is 1. The van der Waals surface area contributed by atoms with Gasteiger partial charge in [0.25, 0.3) is 0 Å². The summed E-state index contributed by atoms with van der Waals surface area (Å²) < 4.78 is 10.5. The number of benzene rings is 2. The van der Waals surface area contributed by atoms with Gasteiger partial charge in [0, 0.05) is 11.1 Å². The van der Waals surface area contributed by atoms with Crippen LogP contribution in [-0.4, -0.2) is 20.0 Å². The second-order valence-electron chi connectivity index (χ2n) is 6.11. The predicted octanol–water partition coefficient (Wildman–Crippen LogP) is 6.39. The lowest BCUT2D eigenvalue weighted by Gasteiger charge is -2.07. The van der Waals surface area contributed by atoms with Gasteiger partial charge in [-0.25, -0.2) is 0 Å². The molecule has 0 radical (unpaired) electrons. The Kier molecular flexibility index (Phi) is 5.28. The van der Waals surface area contributed by atoms with E-state index < -0.39 is 0 Å². The fourth-order valence-electron chi connectivity index (χ4n) is 3.07. The number of rotatable bonds is 6. The van der Waals surface area contributed by atoms with Crippen molar-refractivity contribution in [3.05, 3.63) is 81.2 Å². The Morgan fingerprint density at radius 2 is 1.04 bits per heavy atom. The summed E-state index contributed by atoms with van der Waals surface area (Å²) in [6.45, 7) is 0. The summed E-state index contributed by atoms with van der Waals surface area (Å²) in [6.07, 6.45) is 0. The van der Waals surface area contributed by atoms with Gasteiger partial charge < -0.3 is 9.47 Å². The molecule has 28 heavy (non-hydrogen) atoms. The third-order valence-electron chi connectivity index (χ3n) is 4.54. The van der Waals surface area contributed by atoms with E-state index in [1.54, 1.807) is 14.2 Å². The molecule has 0 amide bonds. The van der Waals surface area contributed by atoms with Crippen LogP contribution in [0.25, 0.3) is 22.3 Å². The minimum absolute atomic E-state index is 0.0571. The molecule has 0 aliphatic heterocycles. The molecule has 0 unspecified atom stereocenters. The molecule has 0 aliphatic rings. The largest absolute Gasteiger partial charge is 0.497 e. The summed E-state index contributed by atoms with van der Waals surface area (Å²) in [4.78, 5) is 14.9. The van der Waals surface area contributed by atoms with Crippen LogP contribution in [0, 0.1) is 0 Å². The van der Waals surface area contributed by atoms with Gasteiger partial charge in [0.15, 0.2) is 0 Å². The zero-order valence-corrected chi connectivity index (χ0v) is 17.1. The van der Waals surface area contributed by atoms with Crippen molar-refractivity contribution in [1.29, 1.82) is 0 Å². The molecule has 2 heterocycles. The Balaban J connectivity index is 1.70. The summed E-state index contributed by atoms with van der Waals surface area (Å²) in [6, 6.07) is 19.6. The molecule has 3 nitrogen and oxygen atoms in total. The Morgan fingerprint density at radius 3 is 1.39 bits per heavy atom. The van der Waals surface area contributed by atoms with Crippen molar-refractivity contribution < 1.29 is 14.3 Å². The quantitative estimate of drug-likeness (QED) is 0.348. The summed E-state index contributed by atoms with van der Waals surface area (Å²) in [5.74, 6) is 1.65. The Hall–Kier alpha value is -2.89. The van der Waals surface area contributed by atoms with Crippen LogP contribution in [0.2, 0.25) is 0 Å². The van der Waals surface area contributed by atoms with Crippen molar-refractivity contribution in [3.8, 4) is 33.8 Å². The van der Waals surface area contributed by atoms with E-state index in [0.29, 0.717) is 0 Å². The molecule has 0 atom stereocenters. The molecule has 5 heteroatoms. The normalized spacial score (nSPS) is 10.6. The highest BCUT2D eigenvalue weighted by Gasteiger charge is 2.21. The minimum atomic E-state index is 0.0571. The molecule has 0 N–H and O–H groups in total. The SMILES string of the molecule is COc1ccc(-c2ccsc2C(=O)c2sccc2-c2ccc(OC)cc2)cc1. The second kappa shape index (κ2) is 8.00. The summed E-state index contributed by atoms with van der Waals surface area (Å²) in [5.41, 5.74) is 3.92. The molecule has 0 saturated carbocycles. The molecule has 0 saturated heterocycles. The van der Waals surface area contributed by atoms with Crippen molar-refractivity contribution >= 4 is 28.5 Å². The van der Waals surface area contributed by atoms with Gasteiger partial charge in [0.1, 0.15) is 11.5 Å². The molecule has 0 fully saturated rings. The van der Waals surface area contributed by atoms with Gasteiger partial charge in [0.05, 0.1) is 24.0 Å². The van der Waals surface area contributed by atoms with Crippen LogP contribution in [0.4, 0.5) is 0 Å². The smallest absolute Gasteiger partial charge is 0.214 e. The van der Waals surface area contributed by atoms with Crippen molar-refractivity contribution in [3.63, 3.8) is 0 Å². The molecule has 140 valence electrons. The fraction of sp³-hybridized carbons (Fsp3) is 0.0870. The fourth-order valence-corrected chi connectivity index (χ4v) is 4.86. The summed E-state index contributed by atoms with van der Waals surface area (Å²) in [7, 11) is 3.29. The van der Waals surface area contributed by atoms with Crippen molar-refractivity contribution in [1.82, 2.24) is 0 Å². The Bertz CT molecular complexity index is 1000. The average molecular weight is 407 g/mol. The number of hydrogen-bond acceptors (Lipinski definition) is 5. The van der Waals surface area contributed by atoms with Gasteiger partial charge in [-0.15, -0.1) is 22.7 Å². The van der Waals surface area contributed by atoms with E-state index in [1.165, 1.54) is 22.7 Å². The lowest BCUT2D eigenvalue weighted by atomic mass is 10.0. The highest BCUT2D eigenvalue weighted by atomic mass is 32.1. The van der Waals surface area contributed by atoms with Gasteiger partial charge in [-0.3, -0.25) is 4.79 Å². The molecular weight excluding hydrogens is 388 g/mol. The van der Waals surface area contributed by atoms with Gasteiger partial charge in [-0.05, 0) is 58.3 Å². The number of ketones is 1. The number of thiophene rings is 2. The van der Waals surface area contributed by atoms with Gasteiger partial charge >= 0.3 is 0 Å². The molecule has 2 aromatic carbocycles. The van der Waals surface area contributed by atoms with Gasteiger partial charge in [0.2, 0.25) is 5.78 Å². The van der Waals surface area contributed by atoms with E-state index in [1.807, 2.05) is 71.4 Å². The van der Waals surface area contributed by atoms with Crippen LogP contribution in [-0.2, 0) is 0 Å². The maximum absolute atomic E-state index is 13.4. The van der Waals surface area contributed by atoms with E-state index in [0.717, 1.165) is 43.5 Å². The first-order valence-electron chi connectivity index (χ1n) is 8.70. The summed E-state index contributed by atoms with van der Waals surface area (Å²) >= 11 is 2.95. The minimum Gasteiger partial charge on any atom is -0.497 e. The van der Waals surface area contributed by atoms with E-state index >= 15 is 0 Å². The summed E-state index contributed by atoms with van der Waals surface area (Å²) in [5, 5.41) is 3.93. The predicted molar refractivity (Wildman–Crippen MR) is 116 cm³/mol.